The lowest BCUT2D eigenvalue weighted by molar-refractivity contribution is -0.132. The number of carbonyl (C=O) groups is 1. The average Bonchev–Trinajstić information content (AvgIpc) is 2.33. The van der Waals surface area contributed by atoms with Gasteiger partial charge in [-0.1, -0.05) is 39.8 Å². The van der Waals surface area contributed by atoms with Gasteiger partial charge in [-0.3, -0.25) is 4.79 Å². The molecule has 1 amide bonds. The van der Waals surface area contributed by atoms with Gasteiger partial charge in [0, 0.05) is 25.2 Å². The minimum Gasteiger partial charge on any atom is -0.399 e. The summed E-state index contributed by atoms with van der Waals surface area (Å²) in [5.74, 6) is 0.643. The number of nitrogens with two attached hydrogens (primary N) is 1. The lowest BCUT2D eigenvalue weighted by atomic mass is 9.84. The highest BCUT2D eigenvalue weighted by Crippen LogP contribution is 2.26. The Kier molecular flexibility index (Phi) is 6.25. The Labute approximate surface area is 129 Å². The molecule has 0 aliphatic heterocycles. The summed E-state index contributed by atoms with van der Waals surface area (Å²) in [7, 11) is 0. The first kappa shape index (κ1) is 17.5. The summed E-state index contributed by atoms with van der Waals surface area (Å²) in [5, 5.41) is 0. The second-order valence-electron chi connectivity index (χ2n) is 7.23. The van der Waals surface area contributed by atoms with Gasteiger partial charge in [0.2, 0.25) is 5.91 Å². The molecule has 1 atom stereocenters. The second-order valence-corrected chi connectivity index (χ2v) is 7.23. The zero-order valence-electron chi connectivity index (χ0n) is 14.1. The van der Waals surface area contributed by atoms with E-state index in [1.807, 2.05) is 36.1 Å². The molecular formula is C18H30N2O. The molecule has 1 rings (SSSR count). The van der Waals surface area contributed by atoms with E-state index >= 15 is 0 Å². The van der Waals surface area contributed by atoms with E-state index in [2.05, 4.69) is 27.7 Å². The fourth-order valence-electron chi connectivity index (χ4n) is 2.83. The highest BCUT2D eigenvalue weighted by atomic mass is 16.2. The van der Waals surface area contributed by atoms with Crippen LogP contribution in [0.1, 0.15) is 53.0 Å². The van der Waals surface area contributed by atoms with Crippen molar-refractivity contribution in [2.75, 3.05) is 12.3 Å². The van der Waals surface area contributed by atoms with Crippen LogP contribution in [0.4, 0.5) is 5.69 Å². The molecule has 0 saturated carbocycles. The Hall–Kier alpha value is -1.51. The maximum atomic E-state index is 12.5. The van der Waals surface area contributed by atoms with Gasteiger partial charge in [-0.2, -0.15) is 0 Å². The minimum absolute atomic E-state index is 0.233. The van der Waals surface area contributed by atoms with Crippen molar-refractivity contribution < 1.29 is 4.79 Å². The van der Waals surface area contributed by atoms with Crippen LogP contribution in [0.3, 0.4) is 0 Å². The van der Waals surface area contributed by atoms with Crippen LogP contribution in [0.25, 0.3) is 0 Å². The van der Waals surface area contributed by atoms with Gasteiger partial charge in [0.15, 0.2) is 0 Å². The van der Waals surface area contributed by atoms with Crippen molar-refractivity contribution in [1.82, 2.24) is 4.90 Å². The first-order chi connectivity index (χ1) is 9.71. The standard InChI is InChI=1S/C18H30N2O/c1-6-20(13-15-8-7-9-16(19)11-15)17(21)10-14(2)12-18(3,4)5/h7-9,11,14H,6,10,12-13,19H2,1-5H3. The molecule has 1 aromatic rings. The fourth-order valence-corrected chi connectivity index (χ4v) is 2.83. The first-order valence-electron chi connectivity index (χ1n) is 7.83. The molecule has 0 aliphatic carbocycles. The molecule has 3 heteroatoms. The van der Waals surface area contributed by atoms with E-state index in [9.17, 15) is 4.79 Å². The number of anilines is 1. The monoisotopic (exact) mass is 290 g/mol. The Bertz CT molecular complexity index is 463. The summed E-state index contributed by atoms with van der Waals surface area (Å²) in [4.78, 5) is 14.4. The number of amides is 1. The maximum Gasteiger partial charge on any atom is 0.223 e. The lowest BCUT2D eigenvalue weighted by Gasteiger charge is -2.26. The van der Waals surface area contributed by atoms with Crippen LogP contribution >= 0.6 is 0 Å². The Morgan fingerprint density at radius 1 is 1.33 bits per heavy atom. The molecule has 0 bridgehead atoms. The molecule has 2 N–H and O–H groups in total. The van der Waals surface area contributed by atoms with Crippen molar-refractivity contribution in [3.05, 3.63) is 29.8 Å². The normalized spacial score (nSPS) is 13.0. The molecule has 0 aliphatic rings. The Morgan fingerprint density at radius 3 is 2.52 bits per heavy atom. The van der Waals surface area contributed by atoms with E-state index in [4.69, 9.17) is 5.73 Å². The molecule has 0 saturated heterocycles. The topological polar surface area (TPSA) is 46.3 Å². The summed E-state index contributed by atoms with van der Waals surface area (Å²) < 4.78 is 0. The van der Waals surface area contributed by atoms with Crippen molar-refractivity contribution in [3.8, 4) is 0 Å². The van der Waals surface area contributed by atoms with Gasteiger partial charge in [-0.05, 0) is 42.4 Å². The van der Waals surface area contributed by atoms with Crippen LogP contribution in [0.15, 0.2) is 24.3 Å². The minimum atomic E-state index is 0.233. The fraction of sp³-hybridized carbons (Fsp3) is 0.611. The van der Waals surface area contributed by atoms with Gasteiger partial charge in [-0.15, -0.1) is 0 Å². The molecule has 0 aromatic heterocycles. The molecule has 0 radical (unpaired) electrons. The largest absolute Gasteiger partial charge is 0.399 e. The number of hydrogen-bond donors (Lipinski definition) is 1. The van der Waals surface area contributed by atoms with Crippen molar-refractivity contribution in [1.29, 1.82) is 0 Å². The third-order valence-electron chi connectivity index (χ3n) is 3.54. The summed E-state index contributed by atoms with van der Waals surface area (Å²) in [5.41, 5.74) is 7.91. The molecule has 1 aromatic carbocycles. The highest BCUT2D eigenvalue weighted by Gasteiger charge is 2.20. The van der Waals surface area contributed by atoms with Crippen molar-refractivity contribution in [2.24, 2.45) is 11.3 Å². The van der Waals surface area contributed by atoms with Crippen LogP contribution in [-0.4, -0.2) is 17.4 Å². The van der Waals surface area contributed by atoms with Crippen LogP contribution in [-0.2, 0) is 11.3 Å². The van der Waals surface area contributed by atoms with E-state index in [1.165, 1.54) is 0 Å². The van der Waals surface area contributed by atoms with Crippen molar-refractivity contribution in [3.63, 3.8) is 0 Å². The Balaban J connectivity index is 2.61. The molecule has 0 spiro atoms. The van der Waals surface area contributed by atoms with Crippen LogP contribution in [0.5, 0.6) is 0 Å². The smallest absolute Gasteiger partial charge is 0.223 e. The van der Waals surface area contributed by atoms with E-state index in [-0.39, 0.29) is 11.3 Å². The van der Waals surface area contributed by atoms with Gasteiger partial charge < -0.3 is 10.6 Å². The van der Waals surface area contributed by atoms with Gasteiger partial charge in [0.1, 0.15) is 0 Å². The van der Waals surface area contributed by atoms with Gasteiger partial charge in [-0.25, -0.2) is 0 Å². The summed E-state index contributed by atoms with van der Waals surface area (Å²) in [6.07, 6.45) is 1.68. The number of nitrogens with zero attached hydrogens (tertiary/aromatic N) is 1. The van der Waals surface area contributed by atoms with Crippen LogP contribution < -0.4 is 5.73 Å². The van der Waals surface area contributed by atoms with Gasteiger partial charge in [0.05, 0.1) is 0 Å². The molecule has 3 nitrogen and oxygen atoms in total. The molecule has 118 valence electrons. The first-order valence-corrected chi connectivity index (χ1v) is 7.83. The number of benzene rings is 1. The predicted molar refractivity (Wildman–Crippen MR) is 89.8 cm³/mol. The van der Waals surface area contributed by atoms with Crippen LogP contribution in [0.2, 0.25) is 0 Å². The van der Waals surface area contributed by atoms with E-state index in [0.29, 0.717) is 18.9 Å². The van der Waals surface area contributed by atoms with E-state index in [1.54, 1.807) is 0 Å². The second kappa shape index (κ2) is 7.48. The number of nitrogen functional groups attached to an aromatic ring is 1. The quantitative estimate of drug-likeness (QED) is 0.802. The average molecular weight is 290 g/mol. The van der Waals surface area contributed by atoms with E-state index in [0.717, 1.165) is 24.2 Å². The van der Waals surface area contributed by atoms with E-state index < -0.39 is 0 Å². The molecule has 21 heavy (non-hydrogen) atoms. The molecular weight excluding hydrogens is 260 g/mol. The number of carbonyl (C=O) groups excluding carboxylic acids is 1. The highest BCUT2D eigenvalue weighted by molar-refractivity contribution is 5.76. The zero-order valence-corrected chi connectivity index (χ0v) is 14.1. The van der Waals surface area contributed by atoms with Gasteiger partial charge >= 0.3 is 0 Å². The Morgan fingerprint density at radius 2 is 2.00 bits per heavy atom. The molecule has 0 heterocycles. The number of hydrogen-bond acceptors (Lipinski definition) is 2. The summed E-state index contributed by atoms with van der Waals surface area (Å²) in [6, 6.07) is 7.76. The number of rotatable bonds is 6. The third-order valence-corrected chi connectivity index (χ3v) is 3.54. The zero-order chi connectivity index (χ0) is 16.0. The summed E-state index contributed by atoms with van der Waals surface area (Å²) in [6.45, 7) is 12.2. The summed E-state index contributed by atoms with van der Waals surface area (Å²) >= 11 is 0. The predicted octanol–water partition coefficient (Wildman–Crippen LogP) is 4.08. The van der Waals surface area contributed by atoms with Crippen molar-refractivity contribution >= 4 is 11.6 Å². The maximum absolute atomic E-state index is 12.5. The van der Waals surface area contributed by atoms with Gasteiger partial charge in [0.25, 0.3) is 0 Å². The third kappa shape index (κ3) is 6.65. The van der Waals surface area contributed by atoms with Crippen LogP contribution in [0, 0.1) is 11.3 Å². The SMILES string of the molecule is CCN(Cc1cccc(N)c1)C(=O)CC(C)CC(C)(C)C. The van der Waals surface area contributed by atoms with Crippen molar-refractivity contribution in [2.45, 2.75) is 54.0 Å². The molecule has 1 unspecified atom stereocenters. The molecule has 0 fully saturated rings. The lowest BCUT2D eigenvalue weighted by Crippen LogP contribution is -2.32.